The van der Waals surface area contributed by atoms with E-state index in [-0.39, 0.29) is 0 Å². The van der Waals surface area contributed by atoms with Gasteiger partial charge in [0.15, 0.2) is 0 Å². The SMILES string of the molecule is [C-]#[N+]C(CCCC)[N+]#[C-]. The zero-order chi connectivity index (χ0) is 7.11. The highest BCUT2D eigenvalue weighted by atomic mass is 14.9. The van der Waals surface area contributed by atoms with Gasteiger partial charge in [-0.1, -0.05) is 13.3 Å². The zero-order valence-electron chi connectivity index (χ0n) is 5.59. The van der Waals surface area contributed by atoms with E-state index in [2.05, 4.69) is 16.6 Å². The molecule has 0 spiro atoms. The molecule has 9 heavy (non-hydrogen) atoms. The highest BCUT2D eigenvalue weighted by Crippen LogP contribution is 2.04. The lowest BCUT2D eigenvalue weighted by molar-refractivity contribution is 0.700. The van der Waals surface area contributed by atoms with E-state index in [1.54, 1.807) is 0 Å². The molecule has 0 rings (SSSR count). The average Bonchev–Trinajstić information content (AvgIpc) is 1.91. The summed E-state index contributed by atoms with van der Waals surface area (Å²) in [7, 11) is 0. The molecule has 2 heteroatoms. The van der Waals surface area contributed by atoms with E-state index in [1.165, 1.54) is 0 Å². The molecule has 0 heterocycles. The minimum absolute atomic E-state index is 0.412. The summed E-state index contributed by atoms with van der Waals surface area (Å²) in [6.07, 6.45) is 2.39. The van der Waals surface area contributed by atoms with Crippen molar-refractivity contribution in [3.63, 3.8) is 0 Å². The van der Waals surface area contributed by atoms with Crippen LogP contribution >= 0.6 is 0 Å². The van der Waals surface area contributed by atoms with E-state index < -0.39 is 6.17 Å². The quantitative estimate of drug-likeness (QED) is 0.508. The number of hydrogen-bond acceptors (Lipinski definition) is 0. The van der Waals surface area contributed by atoms with Gasteiger partial charge >= 0.3 is 6.17 Å². The second-order valence-electron chi connectivity index (χ2n) is 1.88. The molecule has 0 aromatic carbocycles. The van der Waals surface area contributed by atoms with Crippen molar-refractivity contribution < 1.29 is 0 Å². The molecule has 48 valence electrons. The molecule has 0 saturated heterocycles. The fourth-order valence-electron chi connectivity index (χ4n) is 0.545. The summed E-state index contributed by atoms with van der Waals surface area (Å²) in [6.45, 7) is 15.2. The predicted molar refractivity (Wildman–Crippen MR) is 36.5 cm³/mol. The number of nitrogens with zero attached hydrogens (tertiary/aromatic N) is 2. The molecule has 0 unspecified atom stereocenters. The van der Waals surface area contributed by atoms with Crippen LogP contribution in [0.2, 0.25) is 0 Å². The van der Waals surface area contributed by atoms with Crippen LogP contribution in [0.3, 0.4) is 0 Å². The number of rotatable bonds is 3. The second kappa shape index (κ2) is 5.12. The Morgan fingerprint density at radius 3 is 2.22 bits per heavy atom. The van der Waals surface area contributed by atoms with Gasteiger partial charge in [-0.05, 0) is 6.42 Å². The Morgan fingerprint density at radius 1 is 1.33 bits per heavy atom. The second-order valence-corrected chi connectivity index (χ2v) is 1.88. The molecule has 0 saturated carbocycles. The van der Waals surface area contributed by atoms with Crippen LogP contribution in [-0.2, 0) is 0 Å². The summed E-state index contributed by atoms with van der Waals surface area (Å²) >= 11 is 0. The van der Waals surface area contributed by atoms with Crippen LogP contribution in [0.15, 0.2) is 0 Å². The topological polar surface area (TPSA) is 8.72 Å². The first-order valence-corrected chi connectivity index (χ1v) is 3.08. The van der Waals surface area contributed by atoms with Crippen molar-refractivity contribution in [2.24, 2.45) is 0 Å². The Labute approximate surface area is 56.1 Å². The smallest absolute Gasteiger partial charge is 0.233 e. The Balaban J connectivity index is 3.38. The Kier molecular flexibility index (Phi) is 4.54. The van der Waals surface area contributed by atoms with Gasteiger partial charge in [-0.3, -0.25) is 0 Å². The average molecular weight is 122 g/mol. The highest BCUT2D eigenvalue weighted by Gasteiger charge is 2.12. The lowest BCUT2D eigenvalue weighted by atomic mass is 10.2. The highest BCUT2D eigenvalue weighted by molar-refractivity contribution is 4.85. The maximum atomic E-state index is 6.55. The van der Waals surface area contributed by atoms with Gasteiger partial charge in [-0.2, -0.15) is 0 Å². The third kappa shape index (κ3) is 3.55. The van der Waals surface area contributed by atoms with Crippen molar-refractivity contribution >= 4 is 0 Å². The van der Waals surface area contributed by atoms with Crippen LogP contribution in [0.5, 0.6) is 0 Å². The fraction of sp³-hybridized carbons (Fsp3) is 0.714. The predicted octanol–water partition coefficient (Wildman–Crippen LogP) is 2.34. The number of unbranched alkanes of at least 4 members (excludes halogenated alkanes) is 1. The van der Waals surface area contributed by atoms with Gasteiger partial charge in [0.05, 0.1) is 0 Å². The Morgan fingerprint density at radius 2 is 1.89 bits per heavy atom. The van der Waals surface area contributed by atoms with E-state index in [4.69, 9.17) is 13.1 Å². The molecule has 0 amide bonds. The summed E-state index contributed by atoms with van der Waals surface area (Å²) in [5.41, 5.74) is 0. The normalized spacial score (nSPS) is 8.44. The van der Waals surface area contributed by atoms with Gasteiger partial charge in [-0.25, -0.2) is 22.8 Å². The summed E-state index contributed by atoms with van der Waals surface area (Å²) in [5.74, 6) is 0. The van der Waals surface area contributed by atoms with Crippen molar-refractivity contribution in [3.05, 3.63) is 22.8 Å². The monoisotopic (exact) mass is 122 g/mol. The lowest BCUT2D eigenvalue weighted by Gasteiger charge is -1.88. The van der Waals surface area contributed by atoms with E-state index in [0.29, 0.717) is 0 Å². The van der Waals surface area contributed by atoms with Gasteiger partial charge in [0.2, 0.25) is 0 Å². The van der Waals surface area contributed by atoms with Gasteiger partial charge in [0.25, 0.3) is 0 Å². The summed E-state index contributed by atoms with van der Waals surface area (Å²) < 4.78 is 0. The summed E-state index contributed by atoms with van der Waals surface area (Å²) in [6, 6.07) is 0. The molecule has 0 bridgehead atoms. The van der Waals surface area contributed by atoms with E-state index in [0.717, 1.165) is 19.3 Å². The van der Waals surface area contributed by atoms with Crippen molar-refractivity contribution in [3.8, 4) is 0 Å². The third-order valence-corrected chi connectivity index (χ3v) is 1.11. The van der Waals surface area contributed by atoms with Gasteiger partial charge < -0.3 is 0 Å². The van der Waals surface area contributed by atoms with Crippen molar-refractivity contribution in [1.82, 2.24) is 0 Å². The van der Waals surface area contributed by atoms with Crippen LogP contribution in [0.25, 0.3) is 9.69 Å². The first kappa shape index (κ1) is 7.98. The van der Waals surface area contributed by atoms with Gasteiger partial charge in [-0.15, -0.1) is 0 Å². The zero-order valence-corrected chi connectivity index (χ0v) is 5.59. The molecule has 2 nitrogen and oxygen atoms in total. The van der Waals surface area contributed by atoms with Gasteiger partial charge in [0, 0.05) is 0 Å². The van der Waals surface area contributed by atoms with Crippen molar-refractivity contribution in [1.29, 1.82) is 0 Å². The molecule has 0 aromatic heterocycles. The Bertz CT molecular complexity index is 124. The van der Waals surface area contributed by atoms with Crippen LogP contribution in [-0.4, -0.2) is 6.17 Å². The summed E-state index contributed by atoms with van der Waals surface area (Å²) in [5, 5.41) is 0. The first-order chi connectivity index (χ1) is 4.35. The molecule has 0 aliphatic rings. The largest absolute Gasteiger partial charge is 0.474 e. The summed E-state index contributed by atoms with van der Waals surface area (Å²) in [4.78, 5) is 6.28. The van der Waals surface area contributed by atoms with E-state index >= 15 is 0 Å². The molecular weight excluding hydrogens is 112 g/mol. The maximum absolute atomic E-state index is 6.55. The number of hydrogen-bond donors (Lipinski definition) is 0. The Hall–Kier alpha value is -1.02. The van der Waals surface area contributed by atoms with E-state index in [9.17, 15) is 0 Å². The molecule has 0 aromatic rings. The van der Waals surface area contributed by atoms with Crippen LogP contribution in [0.4, 0.5) is 0 Å². The molecule has 0 aliphatic heterocycles. The lowest BCUT2D eigenvalue weighted by Crippen LogP contribution is -1.92. The fourth-order valence-corrected chi connectivity index (χ4v) is 0.545. The van der Waals surface area contributed by atoms with Gasteiger partial charge in [0.1, 0.15) is 6.42 Å². The molecule has 0 fully saturated rings. The molecule has 0 atom stereocenters. The van der Waals surface area contributed by atoms with Crippen LogP contribution in [0, 0.1) is 13.1 Å². The first-order valence-electron chi connectivity index (χ1n) is 3.08. The van der Waals surface area contributed by atoms with Crippen LogP contribution < -0.4 is 0 Å². The van der Waals surface area contributed by atoms with E-state index in [1.807, 2.05) is 0 Å². The molecule has 0 N–H and O–H groups in total. The minimum atomic E-state index is -0.412. The van der Waals surface area contributed by atoms with Crippen LogP contribution in [0.1, 0.15) is 26.2 Å². The van der Waals surface area contributed by atoms with Crippen molar-refractivity contribution in [2.45, 2.75) is 32.4 Å². The third-order valence-electron chi connectivity index (χ3n) is 1.11. The standard InChI is InChI=1S/C7H10N2/c1-4-5-6-7(8-2)9-3/h7H,4-6H2,1H3. The van der Waals surface area contributed by atoms with Crippen molar-refractivity contribution in [2.75, 3.05) is 0 Å². The molecule has 0 radical (unpaired) electrons. The minimum Gasteiger partial charge on any atom is -0.233 e. The molecular formula is C7H10N2. The maximum Gasteiger partial charge on any atom is 0.474 e. The molecule has 0 aliphatic carbocycles.